The van der Waals surface area contributed by atoms with Crippen molar-refractivity contribution in [3.63, 3.8) is 0 Å². The van der Waals surface area contributed by atoms with E-state index in [-0.39, 0.29) is 5.69 Å². The van der Waals surface area contributed by atoms with Crippen LogP contribution in [0.4, 0.5) is 18.9 Å². The molecule has 1 aromatic carbocycles. The van der Waals surface area contributed by atoms with Crippen molar-refractivity contribution in [2.24, 2.45) is 5.92 Å². The normalized spacial score (nSPS) is 16.8. The van der Waals surface area contributed by atoms with Crippen LogP contribution in [0.3, 0.4) is 0 Å². The molecule has 5 heteroatoms. The van der Waals surface area contributed by atoms with Crippen molar-refractivity contribution in [2.75, 3.05) is 11.9 Å². The highest BCUT2D eigenvalue weighted by Crippen LogP contribution is 2.36. The maximum absolute atomic E-state index is 12.9. The number of hydrogen-bond acceptors (Lipinski definition) is 1. The third kappa shape index (κ3) is 4.13. The van der Waals surface area contributed by atoms with E-state index in [9.17, 15) is 13.2 Å². The van der Waals surface area contributed by atoms with Crippen molar-refractivity contribution in [3.05, 3.63) is 28.2 Å². The summed E-state index contributed by atoms with van der Waals surface area (Å²) in [5.74, 6) is 0.678. The summed E-state index contributed by atoms with van der Waals surface area (Å²) < 4.78 is 39.1. The summed E-state index contributed by atoms with van der Waals surface area (Å²) in [6.07, 6.45) is 1.59. The predicted molar refractivity (Wildman–Crippen MR) is 74.2 cm³/mol. The average molecular weight is 336 g/mol. The summed E-state index contributed by atoms with van der Waals surface area (Å²) in [6.45, 7) is 0.607. The van der Waals surface area contributed by atoms with E-state index in [1.54, 1.807) is 6.07 Å². The number of nitrogens with one attached hydrogen (secondary N) is 1. The van der Waals surface area contributed by atoms with Crippen LogP contribution in [0.1, 0.15) is 37.7 Å². The first-order valence-corrected chi connectivity index (χ1v) is 7.37. The molecule has 0 amide bonds. The van der Waals surface area contributed by atoms with Gasteiger partial charge in [-0.3, -0.25) is 0 Å². The zero-order valence-corrected chi connectivity index (χ0v) is 12.1. The van der Waals surface area contributed by atoms with Crippen molar-refractivity contribution < 1.29 is 13.2 Å². The zero-order valence-electron chi connectivity index (χ0n) is 10.6. The Bertz CT molecular complexity index is 425. The Labute approximate surface area is 119 Å². The lowest BCUT2D eigenvalue weighted by Crippen LogP contribution is -2.13. The number of benzene rings is 1. The van der Waals surface area contributed by atoms with Crippen molar-refractivity contribution in [3.8, 4) is 0 Å². The lowest BCUT2D eigenvalue weighted by atomic mass is 10.0. The van der Waals surface area contributed by atoms with Gasteiger partial charge in [0.1, 0.15) is 0 Å². The van der Waals surface area contributed by atoms with Crippen LogP contribution in [0.15, 0.2) is 22.7 Å². The Hall–Kier alpha value is -0.710. The van der Waals surface area contributed by atoms with Gasteiger partial charge in [-0.1, -0.05) is 41.6 Å². The summed E-state index contributed by atoms with van der Waals surface area (Å²) in [7, 11) is 0. The van der Waals surface area contributed by atoms with E-state index in [2.05, 4.69) is 21.2 Å². The highest BCUT2D eigenvalue weighted by Gasteiger charge is 2.33. The number of anilines is 1. The first-order chi connectivity index (χ1) is 8.97. The van der Waals surface area contributed by atoms with Gasteiger partial charge in [0.2, 0.25) is 0 Å². The lowest BCUT2D eigenvalue weighted by molar-refractivity contribution is -0.137. The summed E-state index contributed by atoms with van der Waals surface area (Å²) in [5.41, 5.74) is -0.429. The molecular weight excluding hydrogens is 319 g/mol. The van der Waals surface area contributed by atoms with Crippen molar-refractivity contribution in [1.29, 1.82) is 0 Å². The molecule has 19 heavy (non-hydrogen) atoms. The number of halogens is 4. The molecule has 0 spiro atoms. The highest BCUT2D eigenvalue weighted by atomic mass is 79.9. The standard InChI is InChI=1S/C14H17BrF3N/c15-11-5-6-13(12(9-11)14(16,17)18)19-8-7-10-3-1-2-4-10/h5-6,9-10,19H,1-4,7-8H2. The average Bonchev–Trinajstić information content (AvgIpc) is 2.83. The van der Waals surface area contributed by atoms with Gasteiger partial charge in [-0.2, -0.15) is 13.2 Å². The van der Waals surface area contributed by atoms with E-state index < -0.39 is 11.7 Å². The Morgan fingerprint density at radius 3 is 2.53 bits per heavy atom. The largest absolute Gasteiger partial charge is 0.418 e. The third-order valence-electron chi connectivity index (χ3n) is 3.63. The first kappa shape index (κ1) is 14.7. The van der Waals surface area contributed by atoms with E-state index in [1.165, 1.54) is 31.7 Å². The molecule has 1 N–H and O–H groups in total. The van der Waals surface area contributed by atoms with E-state index in [0.29, 0.717) is 16.9 Å². The molecule has 0 unspecified atom stereocenters. The molecule has 1 fully saturated rings. The maximum atomic E-state index is 12.9. The van der Waals surface area contributed by atoms with Gasteiger partial charge in [-0.05, 0) is 30.5 Å². The molecule has 0 heterocycles. The van der Waals surface area contributed by atoms with Crippen LogP contribution in [0.5, 0.6) is 0 Å². The minimum absolute atomic E-state index is 0.175. The molecule has 2 rings (SSSR count). The predicted octanol–water partition coefficient (Wildman–Crippen LogP) is 5.46. The molecule has 0 bridgehead atoms. The quantitative estimate of drug-likeness (QED) is 0.770. The van der Waals surface area contributed by atoms with Gasteiger partial charge >= 0.3 is 6.18 Å². The SMILES string of the molecule is FC(F)(F)c1cc(Br)ccc1NCCC1CCCC1. The topological polar surface area (TPSA) is 12.0 Å². The minimum Gasteiger partial charge on any atom is -0.385 e. The molecule has 0 aliphatic heterocycles. The molecule has 0 saturated heterocycles. The van der Waals surface area contributed by atoms with E-state index in [1.807, 2.05) is 0 Å². The molecule has 106 valence electrons. The van der Waals surface area contributed by atoms with Crippen LogP contribution in [0.25, 0.3) is 0 Å². The maximum Gasteiger partial charge on any atom is 0.418 e. The molecule has 1 saturated carbocycles. The summed E-state index contributed by atoms with van der Waals surface area (Å²) in [6, 6.07) is 4.24. The highest BCUT2D eigenvalue weighted by molar-refractivity contribution is 9.10. The fraction of sp³-hybridized carbons (Fsp3) is 0.571. The molecule has 1 aliphatic rings. The monoisotopic (exact) mass is 335 g/mol. The Kier molecular flexibility index (Phi) is 4.76. The Morgan fingerprint density at radius 2 is 1.89 bits per heavy atom. The summed E-state index contributed by atoms with van der Waals surface area (Å²) in [5, 5.41) is 2.93. The summed E-state index contributed by atoms with van der Waals surface area (Å²) in [4.78, 5) is 0. The van der Waals surface area contributed by atoms with E-state index >= 15 is 0 Å². The van der Waals surface area contributed by atoms with E-state index in [0.717, 1.165) is 12.5 Å². The number of rotatable bonds is 4. The van der Waals surface area contributed by atoms with Gasteiger partial charge in [0.25, 0.3) is 0 Å². The smallest absolute Gasteiger partial charge is 0.385 e. The minimum atomic E-state index is -4.32. The van der Waals surface area contributed by atoms with E-state index in [4.69, 9.17) is 0 Å². The van der Waals surface area contributed by atoms with Gasteiger partial charge < -0.3 is 5.32 Å². The fourth-order valence-corrected chi connectivity index (χ4v) is 2.98. The van der Waals surface area contributed by atoms with Gasteiger partial charge in [0.15, 0.2) is 0 Å². The Morgan fingerprint density at radius 1 is 1.21 bits per heavy atom. The molecule has 0 aromatic heterocycles. The second-order valence-electron chi connectivity index (χ2n) is 5.05. The molecule has 1 nitrogen and oxygen atoms in total. The van der Waals surface area contributed by atoms with Crippen molar-refractivity contribution in [2.45, 2.75) is 38.3 Å². The Balaban J connectivity index is 1.98. The van der Waals surface area contributed by atoms with Gasteiger partial charge in [-0.15, -0.1) is 0 Å². The van der Waals surface area contributed by atoms with Crippen LogP contribution >= 0.6 is 15.9 Å². The summed E-state index contributed by atoms with van der Waals surface area (Å²) >= 11 is 3.08. The second-order valence-corrected chi connectivity index (χ2v) is 5.97. The second kappa shape index (κ2) is 6.16. The molecular formula is C14H17BrF3N. The number of hydrogen-bond donors (Lipinski definition) is 1. The van der Waals surface area contributed by atoms with Crippen LogP contribution < -0.4 is 5.32 Å². The van der Waals surface area contributed by atoms with Crippen LogP contribution in [-0.2, 0) is 6.18 Å². The van der Waals surface area contributed by atoms with Crippen molar-refractivity contribution in [1.82, 2.24) is 0 Å². The third-order valence-corrected chi connectivity index (χ3v) is 4.12. The molecule has 0 radical (unpaired) electrons. The first-order valence-electron chi connectivity index (χ1n) is 6.57. The lowest BCUT2D eigenvalue weighted by Gasteiger charge is -2.16. The fourth-order valence-electron chi connectivity index (χ4n) is 2.62. The number of alkyl halides is 3. The van der Waals surface area contributed by atoms with Gasteiger partial charge in [0, 0.05) is 16.7 Å². The van der Waals surface area contributed by atoms with Crippen LogP contribution in [0.2, 0.25) is 0 Å². The van der Waals surface area contributed by atoms with Gasteiger partial charge in [-0.25, -0.2) is 0 Å². The van der Waals surface area contributed by atoms with Crippen molar-refractivity contribution >= 4 is 21.6 Å². The molecule has 1 aliphatic carbocycles. The van der Waals surface area contributed by atoms with Crippen LogP contribution in [0, 0.1) is 5.92 Å². The van der Waals surface area contributed by atoms with Gasteiger partial charge in [0.05, 0.1) is 5.56 Å². The molecule has 0 atom stereocenters. The zero-order chi connectivity index (χ0) is 13.9. The van der Waals surface area contributed by atoms with Crippen LogP contribution in [-0.4, -0.2) is 6.54 Å². The molecule has 1 aromatic rings.